The van der Waals surface area contributed by atoms with Gasteiger partial charge in [-0.2, -0.15) is 0 Å². The highest BCUT2D eigenvalue weighted by atomic mass is 16.8. The normalized spacial score (nSPS) is 48.7. The third-order valence-electron chi connectivity index (χ3n) is 13.4. The van der Waals surface area contributed by atoms with Crippen LogP contribution in [0.1, 0.15) is 48.5 Å². The lowest BCUT2D eigenvalue weighted by Gasteiger charge is -2.50. The van der Waals surface area contributed by atoms with Gasteiger partial charge in [0, 0.05) is 34.7 Å². The molecule has 0 aromatic carbocycles. The predicted octanol–water partition coefficient (Wildman–Crippen LogP) is 1.02. The maximum atomic E-state index is 12.7. The second-order valence-corrected chi connectivity index (χ2v) is 16.7. The third-order valence-corrected chi connectivity index (χ3v) is 13.4. The number of nitrogens with zero attached hydrogens (tertiary/aromatic N) is 6. The van der Waals surface area contributed by atoms with Crippen LogP contribution in [0.3, 0.4) is 0 Å². The van der Waals surface area contributed by atoms with E-state index in [1.54, 1.807) is 20.8 Å². The van der Waals surface area contributed by atoms with Gasteiger partial charge in [0.05, 0.1) is 56.9 Å². The summed E-state index contributed by atoms with van der Waals surface area (Å²) in [4.78, 5) is 18.5. The van der Waals surface area contributed by atoms with Gasteiger partial charge in [0.25, 0.3) is 0 Å². The van der Waals surface area contributed by atoms with E-state index in [0.717, 1.165) is 0 Å². The van der Waals surface area contributed by atoms with Gasteiger partial charge in [-0.05, 0) is 34.7 Å². The summed E-state index contributed by atoms with van der Waals surface area (Å²) >= 11 is 0. The monoisotopic (exact) mass is 862 g/mol. The van der Waals surface area contributed by atoms with Crippen molar-refractivity contribution < 1.29 is 82.8 Å². The van der Waals surface area contributed by atoms with E-state index in [9.17, 15) is 46.5 Å². The van der Waals surface area contributed by atoms with Crippen molar-refractivity contribution in [2.45, 2.75) is 153 Å². The molecule has 0 aromatic rings. The molecule has 23 nitrogen and oxygen atoms in total. The van der Waals surface area contributed by atoms with Gasteiger partial charge in [-0.1, -0.05) is 58.7 Å². The molecule has 5 fully saturated rings. The Morgan fingerprint density at radius 2 is 1.12 bits per heavy atom. The van der Waals surface area contributed by atoms with Crippen molar-refractivity contribution in [2.75, 3.05) is 33.5 Å². The lowest BCUT2D eigenvalue weighted by atomic mass is 9.81. The van der Waals surface area contributed by atoms with Gasteiger partial charge in [0.2, 0.25) is 0 Å². The van der Waals surface area contributed by atoms with Crippen molar-refractivity contribution in [3.63, 3.8) is 0 Å². The Morgan fingerprint density at radius 3 is 1.72 bits per heavy atom. The molecule has 5 aliphatic rings. The lowest BCUT2D eigenvalue weighted by molar-refractivity contribution is -0.357. The molecule has 0 radical (unpaired) electrons. The lowest BCUT2D eigenvalue weighted by Crippen LogP contribution is -2.64. The average Bonchev–Trinajstić information content (AvgIpc) is 3.23. The number of hydrogen-bond donors (Lipinski definition) is 6. The molecule has 24 atom stereocenters. The smallest absolute Gasteiger partial charge is 0.335 e. The summed E-state index contributed by atoms with van der Waals surface area (Å²) in [6, 6.07) is -2.31. The minimum absolute atomic E-state index is 0.104. The highest BCUT2D eigenvalue weighted by Gasteiger charge is 2.54. The number of methoxy groups -OCH3 is 1. The standard InChI is InChI=1S/C37H62N6O17/c1-13-14(2)24(40-42-38)35(53-20(13)9-44)58-29-16(4)18(6)34(60-31(29)32(49)50)59-30-22(11-46)55-36(25(27(30)48)41-43-39)56-23-12-52-37(26(47)19(23)7)57-28-15(3)17(5)33(51-8)54-21(28)10-45/h13-31,33-37,44-48H,9-12H2,1-8H3,(H,49,50)/t13-,14-,15+,16+,17?,18?,19?,20?,21?,22?,23+,24?,25?,26?,27+,28-,29-,30+,31?,33-,34+,35+,36+,37-/m0/s1. The van der Waals surface area contributed by atoms with Gasteiger partial charge >= 0.3 is 5.97 Å². The molecular formula is C37H62N6O17. The first-order valence-corrected chi connectivity index (χ1v) is 20.4. The molecule has 23 heteroatoms. The number of rotatable bonds is 15. The van der Waals surface area contributed by atoms with E-state index < -0.39 is 135 Å². The number of aliphatic carboxylic acids is 1. The van der Waals surface area contributed by atoms with E-state index in [4.69, 9.17) is 47.4 Å². The maximum Gasteiger partial charge on any atom is 0.335 e. The van der Waals surface area contributed by atoms with E-state index in [0.29, 0.717) is 0 Å². The predicted molar refractivity (Wildman–Crippen MR) is 202 cm³/mol. The molecule has 0 bridgehead atoms. The summed E-state index contributed by atoms with van der Waals surface area (Å²) in [5, 5.41) is 71.3. The van der Waals surface area contributed by atoms with Gasteiger partial charge in [-0.25, -0.2) is 4.79 Å². The van der Waals surface area contributed by atoms with Crippen LogP contribution in [0, 0.1) is 41.4 Å². The zero-order chi connectivity index (χ0) is 44.2. The van der Waals surface area contributed by atoms with Crippen LogP contribution in [-0.4, -0.2) is 175 Å². The second kappa shape index (κ2) is 21.2. The molecule has 0 spiro atoms. The summed E-state index contributed by atoms with van der Waals surface area (Å²) in [6.45, 7) is 11.1. The van der Waals surface area contributed by atoms with Gasteiger partial charge < -0.3 is 78.0 Å². The number of ether oxygens (including phenoxy) is 10. The summed E-state index contributed by atoms with van der Waals surface area (Å²) in [5.41, 5.74) is 18.8. The summed E-state index contributed by atoms with van der Waals surface area (Å²) in [5.74, 6) is -4.09. The van der Waals surface area contributed by atoms with E-state index in [-0.39, 0.29) is 43.5 Å². The van der Waals surface area contributed by atoms with E-state index in [1.807, 2.05) is 27.7 Å². The fraction of sp³-hybridized carbons (Fsp3) is 0.973. The summed E-state index contributed by atoms with van der Waals surface area (Å²) < 4.78 is 60.0. The molecule has 5 aliphatic heterocycles. The van der Waals surface area contributed by atoms with E-state index in [2.05, 4.69) is 20.1 Å². The van der Waals surface area contributed by atoms with Gasteiger partial charge in [-0.15, -0.1) is 0 Å². The Labute approximate surface area is 347 Å². The van der Waals surface area contributed by atoms with Gasteiger partial charge in [0.15, 0.2) is 37.6 Å². The summed E-state index contributed by atoms with van der Waals surface area (Å²) in [7, 11) is 1.51. The Balaban J connectivity index is 1.26. The summed E-state index contributed by atoms with van der Waals surface area (Å²) in [6.07, 6.45) is -17.1. The Kier molecular flexibility index (Phi) is 17.2. The fourth-order valence-corrected chi connectivity index (χ4v) is 8.77. The first kappa shape index (κ1) is 48.5. The van der Waals surface area contributed by atoms with Gasteiger partial charge in [-0.3, -0.25) is 0 Å². The molecule has 60 heavy (non-hydrogen) atoms. The average molecular weight is 863 g/mol. The zero-order valence-corrected chi connectivity index (χ0v) is 35.0. The Hall–Kier alpha value is -2.51. The fourth-order valence-electron chi connectivity index (χ4n) is 8.77. The number of carbonyl (C=O) groups is 1. The van der Waals surface area contributed by atoms with Gasteiger partial charge in [0.1, 0.15) is 36.6 Å². The Morgan fingerprint density at radius 1 is 0.600 bits per heavy atom. The number of carboxylic acids is 1. The maximum absolute atomic E-state index is 12.7. The molecule has 0 aliphatic carbocycles. The highest BCUT2D eigenvalue weighted by Crippen LogP contribution is 2.41. The SMILES string of the molecule is CO[C@H]1OC(CO)[C@@H](O[C@@H]2OC[C@@H](O[C@H]3OC(CO)[C@@H](O[C@@H]4OC(C(=O)O)[C@@H](O[C@H]5OC(CO)[C@@H](C)[C@H](C)C5N=[N+]=[N-])[C@H](C)C4C)[C@H](O)C3N=[N+]=[N-])C(C)C2O)[C@H](C)C1C. The minimum atomic E-state index is -1.68. The quantitative estimate of drug-likeness (QED) is 0.0760. The van der Waals surface area contributed by atoms with Crippen molar-refractivity contribution in [1.82, 2.24) is 0 Å². The van der Waals surface area contributed by atoms with Crippen molar-refractivity contribution >= 4 is 5.97 Å². The van der Waals surface area contributed by atoms with Crippen molar-refractivity contribution in [2.24, 2.45) is 51.7 Å². The molecule has 10 unspecified atom stereocenters. The number of aliphatic hydroxyl groups is 5. The molecule has 5 heterocycles. The van der Waals surface area contributed by atoms with Crippen LogP contribution in [0.25, 0.3) is 20.9 Å². The van der Waals surface area contributed by atoms with E-state index in [1.165, 1.54) is 7.11 Å². The molecule has 342 valence electrons. The van der Waals surface area contributed by atoms with Crippen LogP contribution < -0.4 is 0 Å². The van der Waals surface area contributed by atoms with Crippen molar-refractivity contribution in [3.8, 4) is 0 Å². The minimum Gasteiger partial charge on any atom is -0.479 e. The van der Waals surface area contributed by atoms with Crippen LogP contribution in [0.4, 0.5) is 0 Å². The molecule has 0 saturated carbocycles. The first-order chi connectivity index (χ1) is 28.6. The molecule has 5 rings (SSSR count). The number of azide groups is 2. The number of aliphatic hydroxyl groups excluding tert-OH is 5. The number of hydrogen-bond acceptors (Lipinski definition) is 18. The van der Waals surface area contributed by atoms with Crippen LogP contribution in [0.2, 0.25) is 0 Å². The molecule has 5 saturated heterocycles. The molecule has 6 N–H and O–H groups in total. The molecular weight excluding hydrogens is 800 g/mol. The highest BCUT2D eigenvalue weighted by molar-refractivity contribution is 5.73. The van der Waals surface area contributed by atoms with Crippen LogP contribution in [-0.2, 0) is 52.2 Å². The van der Waals surface area contributed by atoms with Crippen molar-refractivity contribution in [1.29, 1.82) is 0 Å². The molecule has 0 amide bonds. The second-order valence-electron chi connectivity index (χ2n) is 16.7. The Bertz CT molecular complexity index is 1510. The van der Waals surface area contributed by atoms with Crippen LogP contribution in [0.15, 0.2) is 10.2 Å². The van der Waals surface area contributed by atoms with Crippen LogP contribution >= 0.6 is 0 Å². The first-order valence-electron chi connectivity index (χ1n) is 20.4. The third kappa shape index (κ3) is 9.98. The van der Waals surface area contributed by atoms with E-state index >= 15 is 0 Å². The van der Waals surface area contributed by atoms with Crippen molar-refractivity contribution in [3.05, 3.63) is 20.9 Å². The number of carboxylic acid groups (broad SMARTS) is 1. The topological polar surface area (TPSA) is 328 Å². The molecule has 0 aromatic heterocycles. The largest absolute Gasteiger partial charge is 0.479 e. The van der Waals surface area contributed by atoms with Crippen LogP contribution in [0.5, 0.6) is 0 Å². The zero-order valence-electron chi connectivity index (χ0n) is 35.0.